The Labute approximate surface area is 101 Å². The number of benzene rings is 1. The van der Waals surface area contributed by atoms with Crippen LogP contribution < -0.4 is 0 Å². The number of nitrogens with one attached hydrogen (secondary N) is 1. The van der Waals surface area contributed by atoms with Crippen LogP contribution in [0.5, 0.6) is 0 Å². The van der Waals surface area contributed by atoms with Crippen LogP contribution in [0.25, 0.3) is 0 Å². The third kappa shape index (κ3) is 2.05. The first-order chi connectivity index (χ1) is 7.95. The number of amidine groups is 1. The molecule has 1 aliphatic heterocycles. The zero-order valence-corrected chi connectivity index (χ0v) is 10.4. The smallest absolute Gasteiger partial charge is 0.129 e. The van der Waals surface area contributed by atoms with Crippen LogP contribution in [0.3, 0.4) is 0 Å². The van der Waals surface area contributed by atoms with Crippen LogP contribution in [0.15, 0.2) is 18.2 Å². The lowest BCUT2D eigenvalue weighted by Crippen LogP contribution is -2.47. The Morgan fingerprint density at radius 2 is 2.18 bits per heavy atom. The fourth-order valence-electron chi connectivity index (χ4n) is 2.25. The monoisotopic (exact) mass is 236 g/mol. The fraction of sp³-hybridized carbons (Fsp3) is 0.462. The second-order valence-electron chi connectivity index (χ2n) is 4.98. The molecule has 2 rings (SSSR count). The highest BCUT2D eigenvalue weighted by Crippen LogP contribution is 2.29. The van der Waals surface area contributed by atoms with Crippen molar-refractivity contribution in [3.8, 4) is 0 Å². The van der Waals surface area contributed by atoms with E-state index in [1.54, 1.807) is 13.2 Å². The van der Waals surface area contributed by atoms with E-state index < -0.39 is 0 Å². The molecule has 0 atom stereocenters. The van der Waals surface area contributed by atoms with Gasteiger partial charge in [-0.3, -0.25) is 5.41 Å². The van der Waals surface area contributed by atoms with Crippen molar-refractivity contribution in [2.75, 3.05) is 13.7 Å². The molecule has 17 heavy (non-hydrogen) atoms. The summed E-state index contributed by atoms with van der Waals surface area (Å²) in [6.07, 6.45) is 0. The minimum Gasteiger partial charge on any atom is -0.382 e. The Morgan fingerprint density at radius 3 is 2.82 bits per heavy atom. The van der Waals surface area contributed by atoms with Gasteiger partial charge in [-0.1, -0.05) is 6.07 Å². The maximum absolute atomic E-state index is 13.2. The van der Waals surface area contributed by atoms with Crippen LogP contribution in [0, 0.1) is 11.2 Å². The minimum atomic E-state index is -0.292. The molecule has 1 aromatic carbocycles. The number of rotatable bonds is 3. The zero-order chi connectivity index (χ0) is 12.6. The molecule has 0 fully saturated rings. The normalized spacial score (nSPS) is 15.3. The van der Waals surface area contributed by atoms with Crippen molar-refractivity contribution in [3.63, 3.8) is 0 Å². The summed E-state index contributed by atoms with van der Waals surface area (Å²) in [7, 11) is 1.65. The van der Waals surface area contributed by atoms with Crippen molar-refractivity contribution < 1.29 is 9.13 Å². The van der Waals surface area contributed by atoms with Gasteiger partial charge >= 0.3 is 0 Å². The maximum Gasteiger partial charge on any atom is 0.129 e. The van der Waals surface area contributed by atoms with Crippen LogP contribution >= 0.6 is 0 Å². The summed E-state index contributed by atoms with van der Waals surface area (Å²) in [5, 5.41) is 8.12. The predicted octanol–water partition coefficient (Wildman–Crippen LogP) is 2.39. The Morgan fingerprint density at radius 1 is 1.47 bits per heavy atom. The lowest BCUT2D eigenvalue weighted by molar-refractivity contribution is 0.0748. The first-order valence-corrected chi connectivity index (χ1v) is 5.59. The van der Waals surface area contributed by atoms with Crippen molar-refractivity contribution in [3.05, 3.63) is 35.1 Å². The fourth-order valence-corrected chi connectivity index (χ4v) is 2.25. The van der Waals surface area contributed by atoms with Crippen LogP contribution in [-0.2, 0) is 11.3 Å². The van der Waals surface area contributed by atoms with Crippen LogP contribution in [0.2, 0.25) is 0 Å². The van der Waals surface area contributed by atoms with E-state index in [0.717, 1.165) is 5.56 Å². The molecule has 0 spiro atoms. The SMILES string of the molecule is COCC(C)(C)N1Cc2ccc(F)cc2C1=N. The van der Waals surface area contributed by atoms with Crippen molar-refractivity contribution in [2.45, 2.75) is 25.9 Å². The Balaban J connectivity index is 2.31. The van der Waals surface area contributed by atoms with Gasteiger partial charge in [-0.25, -0.2) is 4.39 Å². The molecule has 1 N–H and O–H groups in total. The Hall–Kier alpha value is -1.42. The highest BCUT2D eigenvalue weighted by Gasteiger charge is 2.35. The molecule has 1 aliphatic rings. The summed E-state index contributed by atoms with van der Waals surface area (Å²) in [6.45, 7) is 5.22. The molecule has 92 valence electrons. The third-order valence-electron chi connectivity index (χ3n) is 3.15. The molecule has 0 radical (unpaired) electrons. The molecule has 0 saturated heterocycles. The molecule has 0 bridgehead atoms. The van der Waals surface area contributed by atoms with Crippen molar-refractivity contribution in [2.24, 2.45) is 0 Å². The summed E-state index contributed by atoms with van der Waals surface area (Å²) >= 11 is 0. The van der Waals surface area contributed by atoms with Gasteiger partial charge < -0.3 is 9.64 Å². The molecule has 0 amide bonds. The van der Waals surface area contributed by atoms with Crippen LogP contribution in [0.4, 0.5) is 4.39 Å². The van der Waals surface area contributed by atoms with Gasteiger partial charge in [0.25, 0.3) is 0 Å². The largest absolute Gasteiger partial charge is 0.382 e. The first kappa shape index (κ1) is 12.0. The zero-order valence-electron chi connectivity index (χ0n) is 10.4. The molecular weight excluding hydrogens is 219 g/mol. The van der Waals surface area contributed by atoms with Gasteiger partial charge in [0.15, 0.2) is 0 Å². The quantitative estimate of drug-likeness (QED) is 0.874. The van der Waals surface area contributed by atoms with E-state index in [1.165, 1.54) is 12.1 Å². The summed E-state index contributed by atoms with van der Waals surface area (Å²) in [4.78, 5) is 1.95. The van der Waals surface area contributed by atoms with Gasteiger partial charge in [0.2, 0.25) is 0 Å². The van der Waals surface area contributed by atoms with E-state index in [9.17, 15) is 4.39 Å². The van der Waals surface area contributed by atoms with Gasteiger partial charge in [-0.2, -0.15) is 0 Å². The van der Waals surface area contributed by atoms with E-state index in [2.05, 4.69) is 0 Å². The standard InChI is InChI=1S/C13H17FN2O/c1-13(2,8-17-3)16-7-9-4-5-10(14)6-11(9)12(16)15/h4-6,15H,7-8H2,1-3H3. The molecule has 3 nitrogen and oxygen atoms in total. The molecule has 1 heterocycles. The number of hydrogen-bond donors (Lipinski definition) is 1. The summed E-state index contributed by atoms with van der Waals surface area (Å²) < 4.78 is 18.3. The van der Waals surface area contributed by atoms with Crippen molar-refractivity contribution in [1.82, 2.24) is 4.90 Å². The molecule has 0 unspecified atom stereocenters. The summed E-state index contributed by atoms with van der Waals surface area (Å²) in [6, 6.07) is 4.63. The van der Waals surface area contributed by atoms with E-state index >= 15 is 0 Å². The second-order valence-corrected chi connectivity index (χ2v) is 4.98. The molecule has 1 aromatic rings. The number of methoxy groups -OCH3 is 1. The lowest BCUT2D eigenvalue weighted by atomic mass is 10.0. The van der Waals surface area contributed by atoms with Gasteiger partial charge in [-0.05, 0) is 31.5 Å². The Bertz CT molecular complexity index is 457. The van der Waals surface area contributed by atoms with Crippen LogP contribution in [-0.4, -0.2) is 30.0 Å². The van der Waals surface area contributed by atoms with E-state index in [0.29, 0.717) is 24.6 Å². The van der Waals surface area contributed by atoms with Gasteiger partial charge in [0.05, 0.1) is 12.1 Å². The maximum atomic E-state index is 13.2. The highest BCUT2D eigenvalue weighted by atomic mass is 19.1. The predicted molar refractivity (Wildman–Crippen MR) is 64.7 cm³/mol. The minimum absolute atomic E-state index is 0.263. The molecular formula is C13H17FN2O. The number of halogens is 1. The van der Waals surface area contributed by atoms with E-state index in [1.807, 2.05) is 18.7 Å². The van der Waals surface area contributed by atoms with Gasteiger partial charge in [0.1, 0.15) is 11.7 Å². The number of nitrogens with zero attached hydrogens (tertiary/aromatic N) is 1. The number of hydrogen-bond acceptors (Lipinski definition) is 2. The van der Waals surface area contributed by atoms with E-state index in [4.69, 9.17) is 10.1 Å². The van der Waals surface area contributed by atoms with Crippen molar-refractivity contribution >= 4 is 5.84 Å². The highest BCUT2D eigenvalue weighted by molar-refractivity contribution is 6.00. The van der Waals surface area contributed by atoms with Crippen molar-refractivity contribution in [1.29, 1.82) is 5.41 Å². The number of fused-ring (bicyclic) bond motifs is 1. The van der Waals surface area contributed by atoms with Crippen LogP contribution in [0.1, 0.15) is 25.0 Å². The average molecular weight is 236 g/mol. The van der Waals surface area contributed by atoms with E-state index in [-0.39, 0.29) is 11.4 Å². The second kappa shape index (κ2) is 4.11. The molecule has 0 aromatic heterocycles. The average Bonchev–Trinajstić information content (AvgIpc) is 2.57. The lowest BCUT2D eigenvalue weighted by Gasteiger charge is -2.36. The Kier molecular flexibility index (Phi) is 2.91. The molecule has 4 heteroatoms. The summed E-state index contributed by atoms with van der Waals surface area (Å²) in [5.74, 6) is 0.0847. The summed E-state index contributed by atoms with van der Waals surface area (Å²) in [5.41, 5.74) is 1.43. The topological polar surface area (TPSA) is 36.3 Å². The molecule has 0 aliphatic carbocycles. The third-order valence-corrected chi connectivity index (χ3v) is 3.15. The van der Waals surface area contributed by atoms with Gasteiger partial charge in [0, 0.05) is 19.2 Å². The first-order valence-electron chi connectivity index (χ1n) is 5.59. The molecule has 0 saturated carbocycles. The number of ether oxygens (including phenoxy) is 1. The van der Waals surface area contributed by atoms with Gasteiger partial charge in [-0.15, -0.1) is 0 Å².